The molecule has 11 heteroatoms. The van der Waals surface area contributed by atoms with Crippen LogP contribution in [0, 0.1) is 0 Å². The van der Waals surface area contributed by atoms with Crippen LogP contribution in [0.4, 0.5) is 26.3 Å². The summed E-state index contributed by atoms with van der Waals surface area (Å²) in [5.41, 5.74) is -2.14. The maximum absolute atomic E-state index is 13.0. The van der Waals surface area contributed by atoms with Gasteiger partial charge in [0.15, 0.2) is 6.29 Å². The zero-order valence-electron chi connectivity index (χ0n) is 15.8. The first-order chi connectivity index (χ1) is 14.4. The molecule has 0 aromatic heterocycles. The lowest BCUT2D eigenvalue weighted by Gasteiger charge is -2.33. The maximum Gasteiger partial charge on any atom is 0.416 e. The number of alkyl halides is 6. The molecular weight excluding hydrogens is 471 g/mol. The van der Waals surface area contributed by atoms with Crippen LogP contribution >= 0.6 is 23.2 Å². The second-order valence-electron chi connectivity index (χ2n) is 6.88. The van der Waals surface area contributed by atoms with Crippen molar-refractivity contribution < 1.29 is 35.8 Å². The average Bonchev–Trinajstić information content (AvgIpc) is 2.69. The summed E-state index contributed by atoms with van der Waals surface area (Å²) >= 11 is 12.0. The quantitative estimate of drug-likeness (QED) is 0.503. The lowest BCUT2D eigenvalue weighted by molar-refractivity contribution is -0.177. The van der Waals surface area contributed by atoms with Crippen molar-refractivity contribution >= 4 is 23.2 Å². The maximum atomic E-state index is 13.0. The Kier molecular flexibility index (Phi) is 7.43. The Morgan fingerprint density at radius 3 is 2.16 bits per heavy atom. The largest absolute Gasteiger partial charge is 0.416 e. The number of morpholine rings is 1. The van der Waals surface area contributed by atoms with Crippen molar-refractivity contribution in [1.82, 2.24) is 5.32 Å². The van der Waals surface area contributed by atoms with E-state index in [4.69, 9.17) is 32.7 Å². The number of hydrogen-bond donors (Lipinski definition) is 1. The summed E-state index contributed by atoms with van der Waals surface area (Å²) in [6.45, 7) is 0.695. The second kappa shape index (κ2) is 9.54. The zero-order valence-corrected chi connectivity index (χ0v) is 17.3. The molecule has 2 aromatic carbocycles. The predicted molar refractivity (Wildman–Crippen MR) is 103 cm³/mol. The van der Waals surface area contributed by atoms with Crippen LogP contribution in [0.15, 0.2) is 36.4 Å². The van der Waals surface area contributed by atoms with Gasteiger partial charge in [-0.1, -0.05) is 29.3 Å². The molecule has 1 aliphatic heterocycles. The van der Waals surface area contributed by atoms with Crippen molar-refractivity contribution in [3.63, 3.8) is 0 Å². The summed E-state index contributed by atoms with van der Waals surface area (Å²) in [4.78, 5) is 0. The molecule has 3 rings (SSSR count). The summed E-state index contributed by atoms with van der Waals surface area (Å²) in [6.07, 6.45) is -10.8. The Bertz CT molecular complexity index is 887. The van der Waals surface area contributed by atoms with E-state index in [0.29, 0.717) is 35.3 Å². The van der Waals surface area contributed by atoms with Gasteiger partial charge in [0.1, 0.15) is 0 Å². The molecule has 1 aliphatic rings. The fraction of sp³-hybridized carbons (Fsp3) is 0.400. The van der Waals surface area contributed by atoms with Crippen LogP contribution in [-0.4, -0.2) is 26.0 Å². The van der Waals surface area contributed by atoms with Gasteiger partial charge in [0.25, 0.3) is 0 Å². The van der Waals surface area contributed by atoms with Gasteiger partial charge in [-0.15, -0.1) is 0 Å². The third-order valence-corrected chi connectivity index (χ3v) is 5.38. The zero-order chi connectivity index (χ0) is 22.8. The second-order valence-corrected chi connectivity index (χ2v) is 7.69. The van der Waals surface area contributed by atoms with Crippen LogP contribution in [0.5, 0.6) is 0 Å². The van der Waals surface area contributed by atoms with Crippen LogP contribution in [0.25, 0.3) is 0 Å². The van der Waals surface area contributed by atoms with Gasteiger partial charge < -0.3 is 14.8 Å². The first kappa shape index (κ1) is 24.1. The molecule has 1 heterocycles. The standard InChI is InChI=1S/C20H17Cl2F6NO2/c21-15-2-1-12(9-16(15)22)17-18(31-6-4-29-17)30-5-3-11-7-13(19(23,24)25)10-14(8-11)20(26,27)28/h1-2,7-10,17-18,29H,3-6H2/t17-,18+/m0/s1. The Morgan fingerprint density at radius 2 is 1.58 bits per heavy atom. The average molecular weight is 488 g/mol. The van der Waals surface area contributed by atoms with Crippen LogP contribution in [0.1, 0.15) is 28.3 Å². The molecule has 1 fully saturated rings. The minimum Gasteiger partial charge on any atom is -0.350 e. The van der Waals surface area contributed by atoms with Crippen molar-refractivity contribution in [2.75, 3.05) is 19.8 Å². The molecule has 0 radical (unpaired) electrons. The molecule has 1 N–H and O–H groups in total. The molecule has 0 spiro atoms. The van der Waals surface area contributed by atoms with E-state index in [1.54, 1.807) is 18.2 Å². The monoisotopic (exact) mass is 487 g/mol. The van der Waals surface area contributed by atoms with Crippen LogP contribution in [-0.2, 0) is 28.2 Å². The molecule has 0 bridgehead atoms. The molecule has 0 amide bonds. The lowest BCUT2D eigenvalue weighted by atomic mass is 10.0. The summed E-state index contributed by atoms with van der Waals surface area (Å²) in [6, 6.07) is 6.00. The van der Waals surface area contributed by atoms with E-state index in [2.05, 4.69) is 5.32 Å². The molecule has 2 aromatic rings. The normalized spacial score (nSPS) is 20.1. The van der Waals surface area contributed by atoms with Crippen molar-refractivity contribution in [3.05, 3.63) is 68.7 Å². The van der Waals surface area contributed by atoms with E-state index in [-0.39, 0.29) is 24.7 Å². The smallest absolute Gasteiger partial charge is 0.350 e. The lowest BCUT2D eigenvalue weighted by Crippen LogP contribution is -2.43. The van der Waals surface area contributed by atoms with E-state index in [9.17, 15) is 26.3 Å². The minimum atomic E-state index is -4.90. The highest BCUT2D eigenvalue weighted by atomic mass is 35.5. The molecule has 0 unspecified atom stereocenters. The molecule has 3 nitrogen and oxygen atoms in total. The van der Waals surface area contributed by atoms with Gasteiger partial charge in [0.2, 0.25) is 0 Å². The number of rotatable bonds is 5. The van der Waals surface area contributed by atoms with Crippen molar-refractivity contribution in [2.24, 2.45) is 0 Å². The van der Waals surface area contributed by atoms with Gasteiger partial charge in [0.05, 0.1) is 40.4 Å². The molecule has 0 aliphatic carbocycles. The van der Waals surface area contributed by atoms with E-state index in [1.165, 1.54) is 0 Å². The molecule has 31 heavy (non-hydrogen) atoms. The first-order valence-electron chi connectivity index (χ1n) is 9.15. The Balaban J connectivity index is 1.72. The Labute approximate surface area is 184 Å². The number of halogens is 8. The third-order valence-electron chi connectivity index (χ3n) is 4.64. The fourth-order valence-corrected chi connectivity index (χ4v) is 3.47. The molecule has 2 atom stereocenters. The van der Waals surface area contributed by atoms with Crippen LogP contribution in [0.3, 0.4) is 0 Å². The Morgan fingerprint density at radius 1 is 0.935 bits per heavy atom. The van der Waals surface area contributed by atoms with Crippen LogP contribution < -0.4 is 5.32 Å². The molecule has 0 saturated carbocycles. The highest BCUT2D eigenvalue weighted by Gasteiger charge is 2.37. The summed E-state index contributed by atoms with van der Waals surface area (Å²) in [7, 11) is 0. The molecular formula is C20H17Cl2F6NO2. The summed E-state index contributed by atoms with van der Waals surface area (Å²) in [5, 5.41) is 3.88. The van der Waals surface area contributed by atoms with Gasteiger partial charge in [-0.25, -0.2) is 0 Å². The molecule has 170 valence electrons. The topological polar surface area (TPSA) is 30.5 Å². The highest BCUT2D eigenvalue weighted by molar-refractivity contribution is 6.42. The molecule has 1 saturated heterocycles. The van der Waals surface area contributed by atoms with Crippen LogP contribution in [0.2, 0.25) is 10.0 Å². The van der Waals surface area contributed by atoms with Gasteiger partial charge >= 0.3 is 12.4 Å². The highest BCUT2D eigenvalue weighted by Crippen LogP contribution is 2.36. The van der Waals surface area contributed by atoms with Gasteiger partial charge in [-0.2, -0.15) is 26.3 Å². The predicted octanol–water partition coefficient (Wildman–Crippen LogP) is 6.28. The fourth-order valence-electron chi connectivity index (χ4n) is 3.16. The Hall–Kier alpha value is -1.52. The van der Waals surface area contributed by atoms with E-state index in [1.807, 2.05) is 0 Å². The van der Waals surface area contributed by atoms with Crippen molar-refractivity contribution in [2.45, 2.75) is 31.1 Å². The van der Waals surface area contributed by atoms with Gasteiger partial charge in [0, 0.05) is 6.54 Å². The van der Waals surface area contributed by atoms with E-state index in [0.717, 1.165) is 5.56 Å². The number of ether oxygens (including phenoxy) is 2. The van der Waals surface area contributed by atoms with E-state index < -0.39 is 35.8 Å². The number of nitrogens with one attached hydrogen (secondary N) is 1. The van der Waals surface area contributed by atoms with Gasteiger partial charge in [-0.3, -0.25) is 0 Å². The SMILES string of the molecule is FC(F)(F)c1cc(CCO[C@@H]2OCCN[C@H]2c2ccc(Cl)c(Cl)c2)cc(C(F)(F)F)c1. The number of hydrogen-bond acceptors (Lipinski definition) is 3. The van der Waals surface area contributed by atoms with Crippen molar-refractivity contribution in [1.29, 1.82) is 0 Å². The minimum absolute atomic E-state index is 0.0961. The third kappa shape index (κ3) is 6.26. The first-order valence-corrected chi connectivity index (χ1v) is 9.90. The van der Waals surface area contributed by atoms with E-state index >= 15 is 0 Å². The summed E-state index contributed by atoms with van der Waals surface area (Å²) < 4.78 is 89.3. The van der Waals surface area contributed by atoms with Crippen molar-refractivity contribution in [3.8, 4) is 0 Å². The summed E-state index contributed by atoms with van der Waals surface area (Å²) in [5.74, 6) is 0. The van der Waals surface area contributed by atoms with Gasteiger partial charge in [-0.05, 0) is 47.9 Å². The number of benzene rings is 2.